The van der Waals surface area contributed by atoms with Gasteiger partial charge >= 0.3 is 0 Å². The largest absolute Gasteiger partial charge is 0.391 e. The molecule has 24 heavy (non-hydrogen) atoms. The van der Waals surface area contributed by atoms with Crippen molar-refractivity contribution in [3.8, 4) is 0 Å². The van der Waals surface area contributed by atoms with Gasteiger partial charge in [0.2, 0.25) is 0 Å². The van der Waals surface area contributed by atoms with Gasteiger partial charge in [-0.1, -0.05) is 56.9 Å². The van der Waals surface area contributed by atoms with Crippen LogP contribution in [0.2, 0.25) is 0 Å². The molecular formula is C23H35N. The Labute approximate surface area is 149 Å². The molecule has 0 fully saturated rings. The SMILES string of the molecule is C=C(CC(CC/C=C/C)/C(=C\CC)NC)c1cc(CC)ccc1C. The van der Waals surface area contributed by atoms with Crippen LogP contribution in [0.4, 0.5) is 0 Å². The molecule has 0 aromatic heterocycles. The molecule has 1 rings (SSSR count). The maximum absolute atomic E-state index is 4.43. The van der Waals surface area contributed by atoms with Crippen molar-refractivity contribution in [1.29, 1.82) is 0 Å². The number of hydrogen-bond acceptors (Lipinski definition) is 1. The van der Waals surface area contributed by atoms with Gasteiger partial charge in [0, 0.05) is 18.7 Å². The quantitative estimate of drug-likeness (QED) is 0.488. The molecule has 1 aromatic rings. The molecule has 1 unspecified atom stereocenters. The van der Waals surface area contributed by atoms with Gasteiger partial charge in [-0.25, -0.2) is 0 Å². The lowest BCUT2D eigenvalue weighted by Crippen LogP contribution is -2.17. The average Bonchev–Trinajstić information content (AvgIpc) is 2.59. The summed E-state index contributed by atoms with van der Waals surface area (Å²) in [5.74, 6) is 0.503. The van der Waals surface area contributed by atoms with Crippen molar-refractivity contribution in [2.75, 3.05) is 7.05 Å². The van der Waals surface area contributed by atoms with Crippen molar-refractivity contribution in [2.45, 2.75) is 59.8 Å². The van der Waals surface area contributed by atoms with E-state index >= 15 is 0 Å². The van der Waals surface area contributed by atoms with Gasteiger partial charge in [0.15, 0.2) is 0 Å². The molecule has 0 saturated heterocycles. The van der Waals surface area contributed by atoms with Crippen LogP contribution in [-0.2, 0) is 6.42 Å². The topological polar surface area (TPSA) is 12.0 Å². The third-order valence-electron chi connectivity index (χ3n) is 4.65. The molecule has 0 spiro atoms. The first-order valence-electron chi connectivity index (χ1n) is 9.33. The molecule has 0 heterocycles. The Bertz CT molecular complexity index is 578. The molecular weight excluding hydrogens is 290 g/mol. The van der Waals surface area contributed by atoms with E-state index in [4.69, 9.17) is 0 Å². The zero-order chi connectivity index (χ0) is 17.9. The van der Waals surface area contributed by atoms with Gasteiger partial charge in [0.25, 0.3) is 0 Å². The zero-order valence-corrected chi connectivity index (χ0v) is 16.3. The minimum absolute atomic E-state index is 0.503. The van der Waals surface area contributed by atoms with Gasteiger partial charge in [-0.3, -0.25) is 0 Å². The van der Waals surface area contributed by atoms with E-state index in [9.17, 15) is 0 Å². The van der Waals surface area contributed by atoms with Gasteiger partial charge in [0.05, 0.1) is 0 Å². The summed E-state index contributed by atoms with van der Waals surface area (Å²) >= 11 is 0. The van der Waals surface area contributed by atoms with Crippen LogP contribution in [0.25, 0.3) is 5.57 Å². The molecule has 1 nitrogen and oxygen atoms in total. The normalized spacial score (nSPS) is 13.3. The smallest absolute Gasteiger partial charge is 0.00983 e. The molecule has 0 saturated carbocycles. The van der Waals surface area contributed by atoms with Crippen molar-refractivity contribution in [3.05, 3.63) is 65.4 Å². The fourth-order valence-electron chi connectivity index (χ4n) is 3.20. The van der Waals surface area contributed by atoms with E-state index in [1.165, 1.54) is 28.0 Å². The molecule has 1 heteroatoms. The van der Waals surface area contributed by atoms with Crippen LogP contribution in [0.15, 0.2) is 48.7 Å². The third kappa shape index (κ3) is 6.03. The zero-order valence-electron chi connectivity index (χ0n) is 16.3. The standard InChI is InChI=1S/C23H35N/c1-7-10-11-13-21(23(24-6)12-8-2)16-19(5)22-17-20(9-3)15-14-18(22)4/h7,10,12,14-15,17,21,24H,5,8-9,11,13,16H2,1-4,6H3/b10-7+,23-12+. The molecule has 0 aliphatic rings. The first kappa shape index (κ1) is 20.3. The summed E-state index contributed by atoms with van der Waals surface area (Å²) in [6, 6.07) is 6.78. The molecule has 0 radical (unpaired) electrons. The van der Waals surface area contributed by atoms with Gasteiger partial charge < -0.3 is 5.32 Å². The Morgan fingerprint density at radius 3 is 2.62 bits per heavy atom. The summed E-state index contributed by atoms with van der Waals surface area (Å²) in [6.07, 6.45) is 12.1. The van der Waals surface area contributed by atoms with Crippen LogP contribution < -0.4 is 5.32 Å². The highest BCUT2D eigenvalue weighted by molar-refractivity contribution is 5.67. The van der Waals surface area contributed by atoms with Crippen molar-refractivity contribution in [2.24, 2.45) is 5.92 Å². The molecule has 0 amide bonds. The van der Waals surface area contributed by atoms with E-state index in [1.54, 1.807) is 0 Å². The van der Waals surface area contributed by atoms with Gasteiger partial charge in [0.1, 0.15) is 0 Å². The minimum atomic E-state index is 0.503. The lowest BCUT2D eigenvalue weighted by molar-refractivity contribution is 0.547. The first-order valence-corrected chi connectivity index (χ1v) is 9.33. The Morgan fingerprint density at radius 1 is 1.29 bits per heavy atom. The summed E-state index contributed by atoms with van der Waals surface area (Å²) in [4.78, 5) is 0. The van der Waals surface area contributed by atoms with Crippen LogP contribution in [0.1, 0.15) is 63.1 Å². The Kier molecular flexibility index (Phi) is 9.22. The first-order chi connectivity index (χ1) is 11.6. The minimum Gasteiger partial charge on any atom is -0.391 e. The monoisotopic (exact) mass is 325 g/mol. The van der Waals surface area contributed by atoms with Crippen LogP contribution in [-0.4, -0.2) is 7.05 Å². The number of aryl methyl sites for hydroxylation is 2. The maximum Gasteiger partial charge on any atom is 0.00983 e. The van der Waals surface area contributed by atoms with Crippen molar-refractivity contribution < 1.29 is 0 Å². The van der Waals surface area contributed by atoms with Gasteiger partial charge in [-0.15, -0.1) is 0 Å². The third-order valence-corrected chi connectivity index (χ3v) is 4.65. The highest BCUT2D eigenvalue weighted by atomic mass is 14.8. The summed E-state index contributed by atoms with van der Waals surface area (Å²) < 4.78 is 0. The second-order valence-electron chi connectivity index (χ2n) is 6.47. The Morgan fingerprint density at radius 2 is 2.04 bits per heavy atom. The van der Waals surface area contributed by atoms with E-state index in [-0.39, 0.29) is 0 Å². The Balaban J connectivity index is 2.99. The fourth-order valence-corrected chi connectivity index (χ4v) is 3.20. The number of rotatable bonds is 10. The van der Waals surface area contributed by atoms with Crippen LogP contribution in [0.3, 0.4) is 0 Å². The van der Waals surface area contributed by atoms with Crippen molar-refractivity contribution in [3.63, 3.8) is 0 Å². The van der Waals surface area contributed by atoms with E-state index < -0.39 is 0 Å². The predicted octanol–water partition coefficient (Wildman–Crippen LogP) is 6.45. The summed E-state index contributed by atoms with van der Waals surface area (Å²) in [5.41, 5.74) is 6.66. The van der Waals surface area contributed by atoms with E-state index in [0.717, 1.165) is 32.1 Å². The lowest BCUT2D eigenvalue weighted by atomic mass is 9.87. The van der Waals surface area contributed by atoms with Crippen molar-refractivity contribution >= 4 is 5.57 Å². The number of benzene rings is 1. The molecule has 1 aromatic carbocycles. The number of allylic oxidation sites excluding steroid dienone is 5. The van der Waals surface area contributed by atoms with E-state index in [2.05, 4.69) is 76.0 Å². The average molecular weight is 326 g/mol. The van der Waals surface area contributed by atoms with Crippen LogP contribution in [0.5, 0.6) is 0 Å². The molecule has 0 aliphatic heterocycles. The molecule has 1 N–H and O–H groups in total. The summed E-state index contributed by atoms with van der Waals surface area (Å²) in [7, 11) is 2.04. The van der Waals surface area contributed by atoms with Crippen LogP contribution in [0, 0.1) is 12.8 Å². The number of hydrogen-bond donors (Lipinski definition) is 1. The highest BCUT2D eigenvalue weighted by Gasteiger charge is 2.16. The lowest BCUT2D eigenvalue weighted by Gasteiger charge is -2.22. The van der Waals surface area contributed by atoms with Crippen molar-refractivity contribution in [1.82, 2.24) is 5.32 Å². The Hall–Kier alpha value is -1.76. The summed E-state index contributed by atoms with van der Waals surface area (Å²) in [6.45, 7) is 13.1. The van der Waals surface area contributed by atoms with Crippen LogP contribution >= 0.6 is 0 Å². The second kappa shape index (κ2) is 10.9. The second-order valence-corrected chi connectivity index (χ2v) is 6.47. The van der Waals surface area contributed by atoms with E-state index in [1.807, 2.05) is 7.05 Å². The number of nitrogens with one attached hydrogen (secondary N) is 1. The molecule has 0 aliphatic carbocycles. The van der Waals surface area contributed by atoms with Gasteiger partial charge in [-0.2, -0.15) is 0 Å². The maximum atomic E-state index is 4.43. The summed E-state index contributed by atoms with van der Waals surface area (Å²) in [5, 5.41) is 3.42. The predicted molar refractivity (Wildman–Crippen MR) is 109 cm³/mol. The van der Waals surface area contributed by atoms with E-state index in [0.29, 0.717) is 5.92 Å². The molecule has 1 atom stereocenters. The molecule has 0 bridgehead atoms. The highest BCUT2D eigenvalue weighted by Crippen LogP contribution is 2.30. The van der Waals surface area contributed by atoms with Gasteiger partial charge in [-0.05, 0) is 68.2 Å². The molecule has 132 valence electrons. The fraction of sp³-hybridized carbons (Fsp3) is 0.478.